The standard InChI is InChI=1S/C11H9FN2O2/c1-7(15)9-6-8(2-3-10(9)12)14-11(16)4-5-13/h2-3,6H,4H2,1H3,(H,14,16). The fourth-order valence-corrected chi connectivity index (χ4v) is 1.15. The van der Waals surface area contributed by atoms with Gasteiger partial charge in [-0.15, -0.1) is 0 Å². The number of rotatable bonds is 3. The van der Waals surface area contributed by atoms with Crippen molar-refractivity contribution in [2.24, 2.45) is 0 Å². The van der Waals surface area contributed by atoms with Crippen LogP contribution in [0.3, 0.4) is 0 Å². The summed E-state index contributed by atoms with van der Waals surface area (Å²) in [6.07, 6.45) is -0.285. The molecule has 16 heavy (non-hydrogen) atoms. The fraction of sp³-hybridized carbons (Fsp3) is 0.182. The SMILES string of the molecule is CC(=O)c1cc(NC(=O)CC#N)ccc1F. The Balaban J connectivity index is 2.92. The van der Waals surface area contributed by atoms with Gasteiger partial charge in [0.1, 0.15) is 12.2 Å². The lowest BCUT2D eigenvalue weighted by Crippen LogP contribution is -2.11. The second-order valence-electron chi connectivity index (χ2n) is 3.13. The Labute approximate surface area is 91.7 Å². The summed E-state index contributed by atoms with van der Waals surface area (Å²) in [5.41, 5.74) is 0.210. The van der Waals surface area contributed by atoms with E-state index in [0.29, 0.717) is 5.69 Å². The summed E-state index contributed by atoms with van der Waals surface area (Å²) in [5, 5.41) is 10.7. The van der Waals surface area contributed by atoms with Gasteiger partial charge in [-0.3, -0.25) is 9.59 Å². The number of amides is 1. The highest BCUT2D eigenvalue weighted by molar-refractivity contribution is 5.97. The predicted molar refractivity (Wildman–Crippen MR) is 55.3 cm³/mol. The third kappa shape index (κ3) is 2.89. The molecule has 1 N–H and O–H groups in total. The minimum Gasteiger partial charge on any atom is -0.325 e. The van der Waals surface area contributed by atoms with Crippen molar-refractivity contribution in [2.75, 3.05) is 5.32 Å². The topological polar surface area (TPSA) is 70.0 Å². The molecule has 0 aliphatic carbocycles. The van der Waals surface area contributed by atoms with Crippen LogP contribution in [0.1, 0.15) is 23.7 Å². The number of nitrogens with zero attached hydrogens (tertiary/aromatic N) is 1. The van der Waals surface area contributed by atoms with E-state index >= 15 is 0 Å². The first-order valence-corrected chi connectivity index (χ1v) is 4.52. The highest BCUT2D eigenvalue weighted by atomic mass is 19.1. The molecule has 82 valence electrons. The number of nitriles is 1. The lowest BCUT2D eigenvalue weighted by Gasteiger charge is -2.05. The lowest BCUT2D eigenvalue weighted by atomic mass is 10.1. The Bertz CT molecular complexity index is 477. The number of hydrogen-bond donors (Lipinski definition) is 1. The first-order valence-electron chi connectivity index (χ1n) is 4.52. The molecule has 0 atom stereocenters. The van der Waals surface area contributed by atoms with Crippen LogP contribution in [0.4, 0.5) is 10.1 Å². The number of carbonyl (C=O) groups excluding carboxylic acids is 2. The molecule has 0 bridgehead atoms. The Morgan fingerprint density at radius 1 is 1.50 bits per heavy atom. The third-order valence-corrected chi connectivity index (χ3v) is 1.87. The molecule has 0 radical (unpaired) electrons. The van der Waals surface area contributed by atoms with Gasteiger partial charge in [0.2, 0.25) is 5.91 Å². The van der Waals surface area contributed by atoms with E-state index in [1.54, 1.807) is 6.07 Å². The van der Waals surface area contributed by atoms with E-state index in [9.17, 15) is 14.0 Å². The molecular weight excluding hydrogens is 211 g/mol. The third-order valence-electron chi connectivity index (χ3n) is 1.87. The van der Waals surface area contributed by atoms with E-state index in [2.05, 4.69) is 5.32 Å². The summed E-state index contributed by atoms with van der Waals surface area (Å²) >= 11 is 0. The second kappa shape index (κ2) is 5.03. The summed E-state index contributed by atoms with van der Waals surface area (Å²) in [7, 11) is 0. The maximum atomic E-state index is 13.1. The van der Waals surface area contributed by atoms with Crippen LogP contribution in [-0.2, 0) is 4.79 Å². The molecule has 0 spiro atoms. The molecule has 0 fully saturated rings. The molecule has 1 aromatic carbocycles. The summed E-state index contributed by atoms with van der Waals surface area (Å²) in [4.78, 5) is 22.1. The Hall–Kier alpha value is -2.22. The summed E-state index contributed by atoms with van der Waals surface area (Å²) in [5.74, 6) is -1.55. The normalized spacial score (nSPS) is 9.31. The number of halogens is 1. The second-order valence-corrected chi connectivity index (χ2v) is 3.13. The number of benzene rings is 1. The summed E-state index contributed by atoms with van der Waals surface area (Å²) < 4.78 is 13.1. The van der Waals surface area contributed by atoms with Crippen molar-refractivity contribution in [3.8, 4) is 6.07 Å². The summed E-state index contributed by atoms with van der Waals surface area (Å²) in [6, 6.07) is 5.35. The van der Waals surface area contributed by atoms with Gasteiger partial charge in [0.15, 0.2) is 5.78 Å². The van der Waals surface area contributed by atoms with Crippen molar-refractivity contribution in [3.63, 3.8) is 0 Å². The van der Waals surface area contributed by atoms with Gasteiger partial charge >= 0.3 is 0 Å². The van der Waals surface area contributed by atoms with Crippen LogP contribution in [0.2, 0.25) is 0 Å². The smallest absolute Gasteiger partial charge is 0.238 e. The van der Waals surface area contributed by atoms with Crippen molar-refractivity contribution >= 4 is 17.4 Å². The van der Waals surface area contributed by atoms with E-state index in [4.69, 9.17) is 5.26 Å². The average molecular weight is 220 g/mol. The minimum absolute atomic E-state index is 0.0882. The number of anilines is 1. The molecule has 0 saturated carbocycles. The summed E-state index contributed by atoms with van der Waals surface area (Å²) in [6.45, 7) is 1.24. The molecule has 0 heterocycles. The largest absolute Gasteiger partial charge is 0.325 e. The fourth-order valence-electron chi connectivity index (χ4n) is 1.15. The zero-order chi connectivity index (χ0) is 12.1. The van der Waals surface area contributed by atoms with Gasteiger partial charge < -0.3 is 5.32 Å². The Morgan fingerprint density at radius 2 is 2.19 bits per heavy atom. The number of Topliss-reactive ketones (excluding diaryl/α,β-unsaturated/α-hetero) is 1. The molecule has 1 aromatic rings. The predicted octanol–water partition coefficient (Wildman–Crippen LogP) is 1.88. The minimum atomic E-state index is -0.634. The van der Waals surface area contributed by atoms with Gasteiger partial charge in [-0.25, -0.2) is 4.39 Å². The molecule has 5 heteroatoms. The van der Waals surface area contributed by atoms with E-state index in [1.165, 1.54) is 19.1 Å². The van der Waals surface area contributed by atoms with Gasteiger partial charge in [0, 0.05) is 5.69 Å². The van der Waals surface area contributed by atoms with Crippen molar-refractivity contribution in [1.29, 1.82) is 5.26 Å². The molecule has 4 nitrogen and oxygen atoms in total. The Morgan fingerprint density at radius 3 is 2.75 bits per heavy atom. The maximum Gasteiger partial charge on any atom is 0.238 e. The van der Waals surface area contributed by atoms with E-state index in [1.807, 2.05) is 0 Å². The van der Waals surface area contributed by atoms with Crippen LogP contribution < -0.4 is 5.32 Å². The molecule has 0 aliphatic rings. The molecule has 1 amide bonds. The van der Waals surface area contributed by atoms with E-state index < -0.39 is 17.5 Å². The average Bonchev–Trinajstić information content (AvgIpc) is 2.21. The van der Waals surface area contributed by atoms with Gasteiger partial charge in [-0.1, -0.05) is 0 Å². The molecular formula is C11H9FN2O2. The first kappa shape index (κ1) is 11.9. The number of ketones is 1. The van der Waals surface area contributed by atoms with Crippen molar-refractivity contribution in [3.05, 3.63) is 29.6 Å². The van der Waals surface area contributed by atoms with Gasteiger partial charge in [-0.2, -0.15) is 5.26 Å². The lowest BCUT2D eigenvalue weighted by molar-refractivity contribution is -0.115. The zero-order valence-corrected chi connectivity index (χ0v) is 8.58. The highest BCUT2D eigenvalue weighted by Gasteiger charge is 2.09. The zero-order valence-electron chi connectivity index (χ0n) is 8.58. The monoisotopic (exact) mass is 220 g/mol. The van der Waals surface area contributed by atoms with Gasteiger partial charge in [0.25, 0.3) is 0 Å². The number of hydrogen-bond acceptors (Lipinski definition) is 3. The van der Waals surface area contributed by atoms with Crippen LogP contribution in [0.15, 0.2) is 18.2 Å². The van der Waals surface area contributed by atoms with Crippen LogP contribution >= 0.6 is 0 Å². The first-order chi connectivity index (χ1) is 7.54. The van der Waals surface area contributed by atoms with Crippen molar-refractivity contribution in [1.82, 2.24) is 0 Å². The number of nitrogens with one attached hydrogen (secondary N) is 1. The molecule has 0 saturated heterocycles. The Kier molecular flexibility index (Phi) is 3.72. The van der Waals surface area contributed by atoms with Crippen LogP contribution in [-0.4, -0.2) is 11.7 Å². The van der Waals surface area contributed by atoms with E-state index in [0.717, 1.165) is 6.07 Å². The number of carbonyl (C=O) groups is 2. The van der Waals surface area contributed by atoms with Crippen LogP contribution in [0.5, 0.6) is 0 Å². The van der Waals surface area contributed by atoms with Crippen LogP contribution in [0.25, 0.3) is 0 Å². The molecule has 0 aromatic heterocycles. The van der Waals surface area contributed by atoms with Crippen LogP contribution in [0, 0.1) is 17.1 Å². The highest BCUT2D eigenvalue weighted by Crippen LogP contribution is 2.15. The maximum absolute atomic E-state index is 13.1. The molecule has 0 aliphatic heterocycles. The van der Waals surface area contributed by atoms with E-state index in [-0.39, 0.29) is 12.0 Å². The van der Waals surface area contributed by atoms with Gasteiger partial charge in [0.05, 0.1) is 11.6 Å². The van der Waals surface area contributed by atoms with Crippen molar-refractivity contribution in [2.45, 2.75) is 13.3 Å². The van der Waals surface area contributed by atoms with Crippen molar-refractivity contribution < 1.29 is 14.0 Å². The quantitative estimate of drug-likeness (QED) is 0.790. The molecule has 0 unspecified atom stereocenters. The van der Waals surface area contributed by atoms with Gasteiger partial charge in [-0.05, 0) is 25.1 Å². The molecule has 1 rings (SSSR count).